The van der Waals surface area contributed by atoms with Crippen molar-refractivity contribution < 1.29 is 9.47 Å². The highest BCUT2D eigenvalue weighted by Gasteiger charge is 2.01. The molecule has 0 radical (unpaired) electrons. The van der Waals surface area contributed by atoms with Crippen molar-refractivity contribution in [2.75, 3.05) is 20.3 Å². The number of methoxy groups -OCH3 is 1. The molecule has 0 N–H and O–H groups in total. The molecule has 0 amide bonds. The minimum Gasteiger partial charge on any atom is -0.491 e. The molecule has 1 aromatic carbocycles. The summed E-state index contributed by atoms with van der Waals surface area (Å²) < 4.78 is 10.5. The van der Waals surface area contributed by atoms with Crippen molar-refractivity contribution in [3.05, 3.63) is 35.9 Å². The standard InChI is InChI=1S/C12H16O2/c1-4-11-6-5-7-12(10(11)2)14-9-8-13-3/h4-7H,1,8-9H2,2-3H3. The van der Waals surface area contributed by atoms with Gasteiger partial charge in [-0.25, -0.2) is 0 Å². The van der Waals surface area contributed by atoms with E-state index in [-0.39, 0.29) is 0 Å². The van der Waals surface area contributed by atoms with Crippen LogP contribution in [0.2, 0.25) is 0 Å². The molecule has 0 aliphatic heterocycles. The zero-order valence-electron chi connectivity index (χ0n) is 8.75. The van der Waals surface area contributed by atoms with Crippen molar-refractivity contribution in [3.63, 3.8) is 0 Å². The average molecular weight is 192 g/mol. The van der Waals surface area contributed by atoms with Crippen LogP contribution >= 0.6 is 0 Å². The van der Waals surface area contributed by atoms with Gasteiger partial charge in [0.25, 0.3) is 0 Å². The van der Waals surface area contributed by atoms with Gasteiger partial charge in [0.15, 0.2) is 0 Å². The number of rotatable bonds is 5. The molecule has 0 aliphatic rings. The molecular formula is C12H16O2. The zero-order chi connectivity index (χ0) is 10.4. The molecule has 0 unspecified atom stereocenters. The van der Waals surface area contributed by atoms with Crippen LogP contribution in [0.25, 0.3) is 6.08 Å². The van der Waals surface area contributed by atoms with Gasteiger partial charge < -0.3 is 9.47 Å². The number of hydrogen-bond donors (Lipinski definition) is 0. The van der Waals surface area contributed by atoms with E-state index in [0.29, 0.717) is 13.2 Å². The van der Waals surface area contributed by atoms with Crippen molar-refractivity contribution in [2.45, 2.75) is 6.92 Å². The summed E-state index contributed by atoms with van der Waals surface area (Å²) in [6.07, 6.45) is 1.83. The van der Waals surface area contributed by atoms with Crippen molar-refractivity contribution in [1.82, 2.24) is 0 Å². The third-order valence-electron chi connectivity index (χ3n) is 2.09. The fraction of sp³-hybridized carbons (Fsp3) is 0.333. The van der Waals surface area contributed by atoms with Crippen molar-refractivity contribution >= 4 is 6.08 Å². The van der Waals surface area contributed by atoms with Crippen LogP contribution in [0.1, 0.15) is 11.1 Å². The predicted molar refractivity (Wildman–Crippen MR) is 58.6 cm³/mol. The summed E-state index contributed by atoms with van der Waals surface area (Å²) in [5.74, 6) is 0.902. The molecule has 0 aliphatic carbocycles. The van der Waals surface area contributed by atoms with Gasteiger partial charge in [-0.2, -0.15) is 0 Å². The Hall–Kier alpha value is -1.28. The van der Waals surface area contributed by atoms with Gasteiger partial charge in [-0.1, -0.05) is 24.8 Å². The maximum atomic E-state index is 5.55. The van der Waals surface area contributed by atoms with E-state index < -0.39 is 0 Å². The lowest BCUT2D eigenvalue weighted by molar-refractivity contribution is 0.146. The van der Waals surface area contributed by atoms with Crippen molar-refractivity contribution in [2.24, 2.45) is 0 Å². The number of ether oxygens (including phenoxy) is 2. The van der Waals surface area contributed by atoms with Gasteiger partial charge in [0, 0.05) is 7.11 Å². The van der Waals surface area contributed by atoms with E-state index in [1.165, 1.54) is 0 Å². The van der Waals surface area contributed by atoms with E-state index in [1.54, 1.807) is 7.11 Å². The normalized spacial score (nSPS) is 9.86. The molecule has 0 heterocycles. The first kappa shape index (κ1) is 10.8. The van der Waals surface area contributed by atoms with Crippen molar-refractivity contribution in [1.29, 1.82) is 0 Å². The molecule has 14 heavy (non-hydrogen) atoms. The van der Waals surface area contributed by atoms with E-state index in [4.69, 9.17) is 9.47 Å². The molecule has 1 rings (SSSR count). The first-order valence-corrected chi connectivity index (χ1v) is 4.63. The second-order valence-corrected chi connectivity index (χ2v) is 3.02. The molecule has 0 saturated carbocycles. The van der Waals surface area contributed by atoms with Crippen molar-refractivity contribution in [3.8, 4) is 5.75 Å². The Morgan fingerprint density at radius 1 is 1.36 bits per heavy atom. The zero-order valence-corrected chi connectivity index (χ0v) is 8.75. The van der Waals surface area contributed by atoms with Crippen LogP contribution in [-0.4, -0.2) is 20.3 Å². The van der Waals surface area contributed by atoms with Gasteiger partial charge in [-0.15, -0.1) is 0 Å². The highest BCUT2D eigenvalue weighted by molar-refractivity contribution is 5.55. The smallest absolute Gasteiger partial charge is 0.122 e. The minimum atomic E-state index is 0.581. The first-order chi connectivity index (χ1) is 6.79. The Morgan fingerprint density at radius 3 is 2.79 bits per heavy atom. The van der Waals surface area contributed by atoms with E-state index in [2.05, 4.69) is 6.58 Å². The Balaban J connectivity index is 2.71. The summed E-state index contributed by atoms with van der Waals surface area (Å²) in [6, 6.07) is 5.94. The molecule has 2 heteroatoms. The van der Waals surface area contributed by atoms with Crippen LogP contribution in [-0.2, 0) is 4.74 Å². The second kappa shape index (κ2) is 5.45. The van der Waals surface area contributed by atoms with Crippen LogP contribution < -0.4 is 4.74 Å². The van der Waals surface area contributed by atoms with Gasteiger partial charge in [0.2, 0.25) is 0 Å². The summed E-state index contributed by atoms with van der Waals surface area (Å²) >= 11 is 0. The third-order valence-corrected chi connectivity index (χ3v) is 2.09. The summed E-state index contributed by atoms with van der Waals surface area (Å²) in [7, 11) is 1.66. The minimum absolute atomic E-state index is 0.581. The lowest BCUT2D eigenvalue weighted by Crippen LogP contribution is -2.05. The maximum Gasteiger partial charge on any atom is 0.122 e. The molecule has 0 fully saturated rings. The molecule has 0 bridgehead atoms. The summed E-state index contributed by atoms with van der Waals surface area (Å²) in [4.78, 5) is 0. The molecule has 1 aromatic rings. The largest absolute Gasteiger partial charge is 0.491 e. The molecule has 2 nitrogen and oxygen atoms in total. The lowest BCUT2D eigenvalue weighted by atomic mass is 10.1. The topological polar surface area (TPSA) is 18.5 Å². The van der Waals surface area contributed by atoms with E-state index in [0.717, 1.165) is 16.9 Å². The van der Waals surface area contributed by atoms with Crippen LogP contribution in [0, 0.1) is 6.92 Å². The quantitative estimate of drug-likeness (QED) is 0.668. The van der Waals surface area contributed by atoms with Crippen LogP contribution in [0.5, 0.6) is 5.75 Å². The highest BCUT2D eigenvalue weighted by Crippen LogP contribution is 2.21. The van der Waals surface area contributed by atoms with Gasteiger partial charge in [0.1, 0.15) is 12.4 Å². The SMILES string of the molecule is C=Cc1cccc(OCCOC)c1C. The second-order valence-electron chi connectivity index (χ2n) is 3.02. The number of hydrogen-bond acceptors (Lipinski definition) is 2. The van der Waals surface area contributed by atoms with E-state index in [9.17, 15) is 0 Å². The Kier molecular flexibility index (Phi) is 4.20. The fourth-order valence-electron chi connectivity index (χ4n) is 1.24. The molecule has 0 aromatic heterocycles. The Morgan fingerprint density at radius 2 is 2.14 bits per heavy atom. The first-order valence-electron chi connectivity index (χ1n) is 4.63. The maximum absolute atomic E-state index is 5.55. The molecule has 0 atom stereocenters. The molecule has 0 saturated heterocycles. The third kappa shape index (κ3) is 2.60. The monoisotopic (exact) mass is 192 g/mol. The molecule has 76 valence electrons. The lowest BCUT2D eigenvalue weighted by Gasteiger charge is -2.10. The summed E-state index contributed by atoms with van der Waals surface area (Å²) in [5.41, 5.74) is 2.23. The van der Waals surface area contributed by atoms with Gasteiger partial charge in [-0.3, -0.25) is 0 Å². The molecular weight excluding hydrogens is 176 g/mol. The van der Waals surface area contributed by atoms with Crippen LogP contribution in [0.4, 0.5) is 0 Å². The Bertz CT molecular complexity index is 305. The predicted octanol–water partition coefficient (Wildman–Crippen LogP) is 2.66. The average Bonchev–Trinajstić information content (AvgIpc) is 2.21. The summed E-state index contributed by atoms with van der Waals surface area (Å²) in [5, 5.41) is 0. The summed E-state index contributed by atoms with van der Waals surface area (Å²) in [6.45, 7) is 6.97. The highest BCUT2D eigenvalue weighted by atomic mass is 16.5. The van der Waals surface area contributed by atoms with E-state index >= 15 is 0 Å². The van der Waals surface area contributed by atoms with Gasteiger partial charge >= 0.3 is 0 Å². The van der Waals surface area contributed by atoms with E-state index in [1.807, 2.05) is 31.2 Å². The van der Waals surface area contributed by atoms with Gasteiger partial charge in [0.05, 0.1) is 6.61 Å². The number of benzene rings is 1. The molecule has 0 spiro atoms. The fourth-order valence-corrected chi connectivity index (χ4v) is 1.24. The van der Waals surface area contributed by atoms with Gasteiger partial charge in [-0.05, 0) is 24.1 Å². The van der Waals surface area contributed by atoms with Crippen LogP contribution in [0.15, 0.2) is 24.8 Å². The van der Waals surface area contributed by atoms with Crippen LogP contribution in [0.3, 0.4) is 0 Å². The Labute approximate surface area is 85.2 Å².